The maximum Gasteiger partial charge on any atom is 0.276 e. The Kier molecular flexibility index (Phi) is 6.38. The van der Waals surface area contributed by atoms with Crippen LogP contribution in [0, 0.1) is 10.1 Å². The summed E-state index contributed by atoms with van der Waals surface area (Å²) in [5, 5.41) is 16.7. The molecule has 1 aromatic heterocycles. The number of rotatable bonds is 8. The predicted octanol–water partition coefficient (Wildman–Crippen LogP) is 1.38. The van der Waals surface area contributed by atoms with Crippen LogP contribution < -0.4 is 15.5 Å². The van der Waals surface area contributed by atoms with Crippen LogP contribution in [0.25, 0.3) is 0 Å². The Morgan fingerprint density at radius 1 is 1.33 bits per heavy atom. The van der Waals surface area contributed by atoms with Gasteiger partial charge in [0.2, 0.25) is 5.91 Å². The van der Waals surface area contributed by atoms with Crippen LogP contribution in [0.5, 0.6) is 0 Å². The second kappa shape index (κ2) is 8.03. The molecule has 2 N–H and O–H groups in total. The van der Waals surface area contributed by atoms with Crippen molar-refractivity contribution in [1.29, 1.82) is 0 Å². The molecule has 21 heavy (non-hydrogen) atoms. The minimum absolute atomic E-state index is 0.0506. The highest BCUT2D eigenvalue weighted by atomic mass is 16.6. The summed E-state index contributed by atoms with van der Waals surface area (Å²) in [4.78, 5) is 28.2. The van der Waals surface area contributed by atoms with Crippen LogP contribution in [0.15, 0.2) is 12.1 Å². The third-order valence-corrected chi connectivity index (χ3v) is 2.78. The molecular weight excluding hydrogens is 274 g/mol. The normalized spacial score (nSPS) is 10.0. The van der Waals surface area contributed by atoms with Gasteiger partial charge in [0.15, 0.2) is 0 Å². The average molecular weight is 295 g/mol. The number of likely N-dealkylation sites (N-methyl/N-ethyl adjacent to an activating group) is 2. The number of hydrogen-bond acceptors (Lipinski definition) is 6. The quantitative estimate of drug-likeness (QED) is 0.555. The molecule has 0 saturated heterocycles. The van der Waals surface area contributed by atoms with Crippen LogP contribution in [0.3, 0.4) is 0 Å². The maximum absolute atomic E-state index is 11.7. The number of amides is 1. The van der Waals surface area contributed by atoms with Gasteiger partial charge in [0, 0.05) is 19.6 Å². The molecule has 0 unspecified atom stereocenters. The molecule has 0 fully saturated rings. The van der Waals surface area contributed by atoms with Crippen LogP contribution in [0.1, 0.15) is 20.8 Å². The zero-order valence-corrected chi connectivity index (χ0v) is 12.5. The van der Waals surface area contributed by atoms with E-state index in [2.05, 4.69) is 15.6 Å². The summed E-state index contributed by atoms with van der Waals surface area (Å²) in [5.41, 5.74) is -0.0506. The monoisotopic (exact) mass is 295 g/mol. The van der Waals surface area contributed by atoms with E-state index in [1.165, 1.54) is 12.1 Å². The Labute approximate surface area is 123 Å². The zero-order chi connectivity index (χ0) is 15.8. The Hall–Kier alpha value is -2.38. The summed E-state index contributed by atoms with van der Waals surface area (Å²) in [5.74, 6) is 0.697. The fraction of sp³-hybridized carbons (Fsp3) is 0.538. The summed E-state index contributed by atoms with van der Waals surface area (Å²) in [7, 11) is 0. The van der Waals surface area contributed by atoms with E-state index in [-0.39, 0.29) is 18.1 Å². The van der Waals surface area contributed by atoms with Crippen LogP contribution >= 0.6 is 0 Å². The van der Waals surface area contributed by atoms with Crippen molar-refractivity contribution in [3.05, 3.63) is 22.2 Å². The van der Waals surface area contributed by atoms with E-state index in [1.54, 1.807) is 4.90 Å². The van der Waals surface area contributed by atoms with E-state index >= 15 is 0 Å². The molecule has 0 aromatic carbocycles. The third kappa shape index (κ3) is 4.90. The van der Waals surface area contributed by atoms with E-state index < -0.39 is 4.92 Å². The molecular formula is C13H21N5O3. The van der Waals surface area contributed by atoms with Crippen LogP contribution in [-0.4, -0.2) is 42.0 Å². The molecule has 0 atom stereocenters. The number of nitro groups is 1. The van der Waals surface area contributed by atoms with Gasteiger partial charge >= 0.3 is 0 Å². The van der Waals surface area contributed by atoms with Crippen LogP contribution in [0.4, 0.5) is 17.3 Å². The van der Waals surface area contributed by atoms with Crippen molar-refractivity contribution in [1.82, 2.24) is 10.3 Å². The largest absolute Gasteiger partial charge is 0.370 e. The minimum Gasteiger partial charge on any atom is -0.370 e. The van der Waals surface area contributed by atoms with Crippen LogP contribution in [-0.2, 0) is 4.79 Å². The van der Waals surface area contributed by atoms with Gasteiger partial charge in [-0.25, -0.2) is 4.98 Å². The summed E-state index contributed by atoms with van der Waals surface area (Å²) >= 11 is 0. The topological polar surface area (TPSA) is 100 Å². The Balaban J connectivity index is 3.06. The van der Waals surface area contributed by atoms with Gasteiger partial charge in [-0.15, -0.1) is 0 Å². The molecule has 8 heteroatoms. The third-order valence-electron chi connectivity index (χ3n) is 2.78. The lowest BCUT2D eigenvalue weighted by atomic mass is 10.3. The van der Waals surface area contributed by atoms with Gasteiger partial charge in [-0.1, -0.05) is 0 Å². The van der Waals surface area contributed by atoms with Crippen molar-refractivity contribution in [3.63, 3.8) is 0 Å². The van der Waals surface area contributed by atoms with Gasteiger partial charge in [-0.3, -0.25) is 14.9 Å². The molecule has 1 aromatic rings. The molecule has 1 rings (SSSR count). The molecule has 0 saturated carbocycles. The fourth-order valence-electron chi connectivity index (χ4n) is 1.82. The van der Waals surface area contributed by atoms with Gasteiger partial charge in [0.25, 0.3) is 5.69 Å². The molecule has 0 spiro atoms. The van der Waals surface area contributed by atoms with Gasteiger partial charge in [0.05, 0.1) is 23.6 Å². The second-order valence-corrected chi connectivity index (χ2v) is 4.32. The number of pyridine rings is 1. The smallest absolute Gasteiger partial charge is 0.276 e. The molecule has 0 radical (unpaired) electrons. The average Bonchev–Trinajstić information content (AvgIpc) is 2.45. The van der Waals surface area contributed by atoms with Crippen molar-refractivity contribution in [3.8, 4) is 0 Å². The molecule has 0 aliphatic carbocycles. The maximum atomic E-state index is 11.7. The molecule has 0 aliphatic heterocycles. The predicted molar refractivity (Wildman–Crippen MR) is 81.6 cm³/mol. The van der Waals surface area contributed by atoms with Crippen molar-refractivity contribution in [2.75, 3.05) is 36.4 Å². The van der Waals surface area contributed by atoms with Gasteiger partial charge in [0.1, 0.15) is 11.6 Å². The molecule has 0 aliphatic rings. The summed E-state index contributed by atoms with van der Waals surface area (Å²) in [6.07, 6.45) is 0. The van der Waals surface area contributed by atoms with Crippen LogP contribution in [0.2, 0.25) is 0 Å². The first-order valence-corrected chi connectivity index (χ1v) is 6.93. The second-order valence-electron chi connectivity index (χ2n) is 4.32. The van der Waals surface area contributed by atoms with Crippen molar-refractivity contribution in [2.24, 2.45) is 0 Å². The Morgan fingerprint density at radius 2 is 2.05 bits per heavy atom. The summed E-state index contributed by atoms with van der Waals surface area (Å²) in [6, 6.07) is 2.76. The number of carbonyl (C=O) groups excluding carboxylic acids is 1. The standard InChI is InChI=1S/C13H21N5O3/c1-4-14-11-7-10(18(20)21)8-12(16-11)17(6-3)9-13(19)15-5-2/h7-8H,4-6,9H2,1-3H3,(H,14,16)(H,15,19). The highest BCUT2D eigenvalue weighted by molar-refractivity contribution is 5.81. The molecule has 116 valence electrons. The molecule has 1 heterocycles. The van der Waals surface area contributed by atoms with E-state index in [0.29, 0.717) is 31.3 Å². The Bertz CT molecular complexity index is 507. The Morgan fingerprint density at radius 3 is 2.57 bits per heavy atom. The lowest BCUT2D eigenvalue weighted by Gasteiger charge is -2.21. The highest BCUT2D eigenvalue weighted by Crippen LogP contribution is 2.23. The van der Waals surface area contributed by atoms with E-state index in [9.17, 15) is 14.9 Å². The fourth-order valence-corrected chi connectivity index (χ4v) is 1.82. The number of nitrogens with one attached hydrogen (secondary N) is 2. The number of anilines is 2. The number of aromatic nitrogens is 1. The zero-order valence-electron chi connectivity index (χ0n) is 12.5. The van der Waals surface area contributed by atoms with E-state index in [4.69, 9.17) is 0 Å². The van der Waals surface area contributed by atoms with E-state index in [0.717, 1.165) is 0 Å². The molecule has 8 nitrogen and oxygen atoms in total. The van der Waals surface area contributed by atoms with Crippen molar-refractivity contribution in [2.45, 2.75) is 20.8 Å². The summed E-state index contributed by atoms with van der Waals surface area (Å²) in [6.45, 7) is 7.38. The SMILES string of the molecule is CCNC(=O)CN(CC)c1cc([N+](=O)[O-])cc(NCC)n1. The number of nitrogens with zero attached hydrogens (tertiary/aromatic N) is 3. The lowest BCUT2D eigenvalue weighted by molar-refractivity contribution is -0.384. The van der Waals surface area contributed by atoms with Gasteiger partial charge in [-0.05, 0) is 20.8 Å². The van der Waals surface area contributed by atoms with Crippen molar-refractivity contribution < 1.29 is 9.72 Å². The number of carbonyl (C=O) groups is 1. The van der Waals surface area contributed by atoms with Crippen molar-refractivity contribution >= 4 is 23.2 Å². The molecule has 1 amide bonds. The first-order valence-electron chi connectivity index (χ1n) is 6.93. The van der Waals surface area contributed by atoms with E-state index in [1.807, 2.05) is 20.8 Å². The lowest BCUT2D eigenvalue weighted by Crippen LogP contribution is -2.37. The summed E-state index contributed by atoms with van der Waals surface area (Å²) < 4.78 is 0. The number of hydrogen-bond donors (Lipinski definition) is 2. The first kappa shape index (κ1) is 16.7. The first-order chi connectivity index (χ1) is 10.0. The van der Waals surface area contributed by atoms with Gasteiger partial charge < -0.3 is 15.5 Å². The molecule has 0 bridgehead atoms. The minimum atomic E-state index is -0.466. The van der Waals surface area contributed by atoms with Gasteiger partial charge in [-0.2, -0.15) is 0 Å². The highest BCUT2D eigenvalue weighted by Gasteiger charge is 2.16.